The molecular formula is C21H19ClN2O3S. The fourth-order valence-corrected chi connectivity index (χ4v) is 4.16. The highest BCUT2D eigenvalue weighted by Gasteiger charge is 2.27. The summed E-state index contributed by atoms with van der Waals surface area (Å²) in [5.74, 6) is 0.670. The molecule has 1 aromatic heterocycles. The lowest BCUT2D eigenvalue weighted by molar-refractivity contribution is 0.0947. The van der Waals surface area contributed by atoms with E-state index < -0.39 is 0 Å². The third kappa shape index (κ3) is 3.98. The molecule has 4 rings (SSSR count). The summed E-state index contributed by atoms with van der Waals surface area (Å²) in [5, 5.41) is 15.1. The first kappa shape index (κ1) is 18.8. The lowest BCUT2D eigenvalue weighted by Crippen LogP contribution is -2.23. The molecule has 1 aliphatic carbocycles. The van der Waals surface area contributed by atoms with Crippen molar-refractivity contribution >= 4 is 28.8 Å². The van der Waals surface area contributed by atoms with Gasteiger partial charge in [0.15, 0.2) is 0 Å². The SMILES string of the molecule is COc1cc(-c2cnc(C3CC3)s2)c(O)cc1C(=O)NCc1ccc(Cl)cc1. The highest BCUT2D eigenvalue weighted by atomic mass is 35.5. The lowest BCUT2D eigenvalue weighted by atomic mass is 10.1. The number of nitrogens with zero attached hydrogens (tertiary/aromatic N) is 1. The molecule has 0 unspecified atom stereocenters. The second-order valence-corrected chi connectivity index (χ2v) is 8.21. The first-order valence-electron chi connectivity index (χ1n) is 8.95. The maximum absolute atomic E-state index is 12.6. The summed E-state index contributed by atoms with van der Waals surface area (Å²) in [6.45, 7) is 0.348. The van der Waals surface area contributed by atoms with E-state index in [9.17, 15) is 9.90 Å². The molecule has 0 aliphatic heterocycles. The Morgan fingerprint density at radius 3 is 2.75 bits per heavy atom. The number of carbonyl (C=O) groups is 1. The highest BCUT2D eigenvalue weighted by molar-refractivity contribution is 7.15. The normalized spacial score (nSPS) is 13.4. The van der Waals surface area contributed by atoms with E-state index in [1.54, 1.807) is 35.7 Å². The number of aromatic nitrogens is 1. The zero-order valence-corrected chi connectivity index (χ0v) is 16.8. The van der Waals surface area contributed by atoms with Gasteiger partial charge >= 0.3 is 0 Å². The van der Waals surface area contributed by atoms with Gasteiger partial charge in [-0.3, -0.25) is 4.79 Å². The summed E-state index contributed by atoms with van der Waals surface area (Å²) < 4.78 is 5.41. The van der Waals surface area contributed by atoms with Gasteiger partial charge in [-0.05, 0) is 42.7 Å². The first-order valence-corrected chi connectivity index (χ1v) is 10.1. The largest absolute Gasteiger partial charge is 0.507 e. The van der Waals surface area contributed by atoms with Crippen LogP contribution < -0.4 is 10.1 Å². The van der Waals surface area contributed by atoms with E-state index >= 15 is 0 Å². The molecule has 28 heavy (non-hydrogen) atoms. The van der Waals surface area contributed by atoms with Crippen LogP contribution >= 0.6 is 22.9 Å². The quantitative estimate of drug-likeness (QED) is 0.596. The Balaban J connectivity index is 1.55. The van der Waals surface area contributed by atoms with Crippen LogP contribution in [-0.2, 0) is 6.54 Å². The monoisotopic (exact) mass is 414 g/mol. The number of nitrogens with one attached hydrogen (secondary N) is 1. The molecule has 0 saturated heterocycles. The van der Waals surface area contributed by atoms with Crippen LogP contribution in [0.4, 0.5) is 0 Å². The first-order chi connectivity index (χ1) is 13.5. The average Bonchev–Trinajstić information content (AvgIpc) is 3.44. The molecular weight excluding hydrogens is 396 g/mol. The number of hydrogen-bond acceptors (Lipinski definition) is 5. The van der Waals surface area contributed by atoms with Crippen LogP contribution in [0.25, 0.3) is 10.4 Å². The standard InChI is InChI=1S/C21H19ClN2O3S/c1-27-18-9-15(19-11-24-21(28-19)13-4-5-13)17(25)8-16(18)20(26)23-10-12-2-6-14(22)7-3-12/h2-3,6-9,11,13,25H,4-5,10H2,1H3,(H,23,26). The topological polar surface area (TPSA) is 71.5 Å². The summed E-state index contributed by atoms with van der Waals surface area (Å²) >= 11 is 7.45. The molecule has 144 valence electrons. The molecule has 0 radical (unpaired) electrons. The minimum atomic E-state index is -0.323. The van der Waals surface area contributed by atoms with E-state index in [0.29, 0.717) is 28.8 Å². The van der Waals surface area contributed by atoms with Gasteiger partial charge in [0.05, 0.1) is 22.6 Å². The van der Waals surface area contributed by atoms with Crippen molar-refractivity contribution in [2.24, 2.45) is 0 Å². The van der Waals surface area contributed by atoms with E-state index in [4.69, 9.17) is 16.3 Å². The van der Waals surface area contributed by atoms with Crippen molar-refractivity contribution in [2.45, 2.75) is 25.3 Å². The molecule has 2 N–H and O–H groups in total. The predicted molar refractivity (Wildman–Crippen MR) is 110 cm³/mol. The smallest absolute Gasteiger partial charge is 0.255 e. The van der Waals surface area contributed by atoms with E-state index in [1.165, 1.54) is 26.0 Å². The molecule has 0 atom stereocenters. The number of phenols is 1. The van der Waals surface area contributed by atoms with Crippen molar-refractivity contribution in [2.75, 3.05) is 7.11 Å². The zero-order valence-electron chi connectivity index (χ0n) is 15.2. The van der Waals surface area contributed by atoms with Crippen LogP contribution in [0.2, 0.25) is 5.02 Å². The fraction of sp³-hybridized carbons (Fsp3) is 0.238. The molecule has 5 nitrogen and oxygen atoms in total. The van der Waals surface area contributed by atoms with E-state index in [-0.39, 0.29) is 17.2 Å². The molecule has 1 amide bonds. The van der Waals surface area contributed by atoms with Crippen molar-refractivity contribution in [3.8, 4) is 21.9 Å². The van der Waals surface area contributed by atoms with Gasteiger partial charge in [-0.2, -0.15) is 0 Å². The average molecular weight is 415 g/mol. The molecule has 3 aromatic rings. The second-order valence-electron chi connectivity index (χ2n) is 6.72. The maximum atomic E-state index is 12.6. The number of carbonyl (C=O) groups excluding carboxylic acids is 1. The number of aromatic hydroxyl groups is 1. The molecule has 2 aromatic carbocycles. The number of methoxy groups -OCH3 is 1. The number of phenolic OH excluding ortho intramolecular Hbond substituents is 1. The molecule has 1 heterocycles. The van der Waals surface area contributed by atoms with Crippen LogP contribution in [0.5, 0.6) is 11.5 Å². The second kappa shape index (κ2) is 7.81. The lowest BCUT2D eigenvalue weighted by Gasteiger charge is -2.12. The van der Waals surface area contributed by atoms with Gasteiger partial charge in [-0.15, -0.1) is 11.3 Å². The van der Waals surface area contributed by atoms with Crippen molar-refractivity contribution in [3.05, 3.63) is 63.8 Å². The minimum absolute atomic E-state index is 0.0310. The van der Waals surface area contributed by atoms with Gasteiger partial charge in [0, 0.05) is 29.2 Å². The van der Waals surface area contributed by atoms with Gasteiger partial charge in [0.25, 0.3) is 5.91 Å². The summed E-state index contributed by atoms with van der Waals surface area (Å²) in [4.78, 5) is 18.0. The Bertz CT molecular complexity index is 1010. The molecule has 1 fully saturated rings. The third-order valence-corrected chi connectivity index (χ3v) is 6.09. The molecule has 7 heteroatoms. The minimum Gasteiger partial charge on any atom is -0.507 e. The van der Waals surface area contributed by atoms with Crippen LogP contribution in [0.15, 0.2) is 42.6 Å². The van der Waals surface area contributed by atoms with E-state index in [0.717, 1.165) is 15.4 Å². The summed E-state index contributed by atoms with van der Waals surface area (Å²) in [6.07, 6.45) is 4.12. The Kier molecular flexibility index (Phi) is 5.24. The maximum Gasteiger partial charge on any atom is 0.255 e. The van der Waals surface area contributed by atoms with Crippen LogP contribution in [-0.4, -0.2) is 23.1 Å². The number of thiazole rings is 1. The molecule has 1 aliphatic rings. The Labute approximate surface area is 172 Å². The highest BCUT2D eigenvalue weighted by Crippen LogP contribution is 2.45. The van der Waals surface area contributed by atoms with E-state index in [1.807, 2.05) is 12.1 Å². The van der Waals surface area contributed by atoms with Crippen molar-refractivity contribution in [3.63, 3.8) is 0 Å². The zero-order chi connectivity index (χ0) is 19.7. The van der Waals surface area contributed by atoms with Crippen LogP contribution in [0, 0.1) is 0 Å². The third-order valence-electron chi connectivity index (χ3n) is 4.64. The number of hydrogen-bond donors (Lipinski definition) is 2. The number of halogens is 1. The summed E-state index contributed by atoms with van der Waals surface area (Å²) in [5.41, 5.74) is 1.83. The van der Waals surface area contributed by atoms with Gasteiger partial charge in [-0.1, -0.05) is 23.7 Å². The number of rotatable bonds is 6. The summed E-state index contributed by atoms with van der Waals surface area (Å²) in [6, 6.07) is 10.4. The number of ether oxygens (including phenoxy) is 1. The van der Waals surface area contributed by atoms with Gasteiger partial charge in [0.1, 0.15) is 11.5 Å². The summed E-state index contributed by atoms with van der Waals surface area (Å²) in [7, 11) is 1.51. The van der Waals surface area contributed by atoms with E-state index in [2.05, 4.69) is 10.3 Å². The van der Waals surface area contributed by atoms with Gasteiger partial charge < -0.3 is 15.2 Å². The van der Waals surface area contributed by atoms with Crippen molar-refractivity contribution in [1.29, 1.82) is 0 Å². The van der Waals surface area contributed by atoms with Crippen LogP contribution in [0.1, 0.15) is 39.7 Å². The molecule has 0 spiro atoms. The predicted octanol–water partition coefficient (Wildman–Crippen LogP) is 4.99. The Hall–Kier alpha value is -2.57. The van der Waals surface area contributed by atoms with Gasteiger partial charge in [0.2, 0.25) is 0 Å². The Morgan fingerprint density at radius 1 is 1.32 bits per heavy atom. The van der Waals surface area contributed by atoms with Crippen molar-refractivity contribution in [1.82, 2.24) is 10.3 Å². The fourth-order valence-electron chi connectivity index (χ4n) is 2.92. The number of amides is 1. The molecule has 0 bridgehead atoms. The Morgan fingerprint density at radius 2 is 2.07 bits per heavy atom. The number of benzene rings is 2. The van der Waals surface area contributed by atoms with Crippen molar-refractivity contribution < 1.29 is 14.6 Å². The van der Waals surface area contributed by atoms with Crippen LogP contribution in [0.3, 0.4) is 0 Å². The van der Waals surface area contributed by atoms with Gasteiger partial charge in [-0.25, -0.2) is 4.98 Å². The molecule has 1 saturated carbocycles.